The van der Waals surface area contributed by atoms with Crippen LogP contribution in [-0.4, -0.2) is 40.4 Å². The summed E-state index contributed by atoms with van der Waals surface area (Å²) in [5.74, 6) is 0.318. The van der Waals surface area contributed by atoms with Crippen LogP contribution in [0.15, 0.2) is 23.0 Å². The van der Waals surface area contributed by atoms with Crippen molar-refractivity contribution in [1.29, 1.82) is 0 Å². The number of nitrogens with zero attached hydrogens (tertiary/aromatic N) is 2. The highest BCUT2D eigenvalue weighted by atomic mass is 16.2. The summed E-state index contributed by atoms with van der Waals surface area (Å²) in [7, 11) is 0. The lowest BCUT2D eigenvalue weighted by Crippen LogP contribution is -2.54. The molecule has 0 aliphatic carbocycles. The van der Waals surface area contributed by atoms with E-state index >= 15 is 0 Å². The van der Waals surface area contributed by atoms with E-state index in [1.54, 1.807) is 12.1 Å². The van der Waals surface area contributed by atoms with Crippen molar-refractivity contribution in [3.63, 3.8) is 0 Å². The van der Waals surface area contributed by atoms with Gasteiger partial charge in [0.05, 0.1) is 0 Å². The van der Waals surface area contributed by atoms with Gasteiger partial charge in [-0.1, -0.05) is 13.0 Å². The molecule has 1 aromatic rings. The maximum Gasteiger partial charge on any atom is 0.250 e. The quantitative estimate of drug-likeness (QED) is 0.892. The smallest absolute Gasteiger partial charge is 0.250 e. The molecule has 3 heterocycles. The number of pyridine rings is 1. The Morgan fingerprint density at radius 1 is 1.30 bits per heavy atom. The molecular formula is C17H23N3O3. The Balaban J connectivity index is 1.81. The monoisotopic (exact) mass is 317 g/mol. The summed E-state index contributed by atoms with van der Waals surface area (Å²) in [4.78, 5) is 37.9. The maximum atomic E-state index is 12.7. The van der Waals surface area contributed by atoms with Gasteiger partial charge < -0.3 is 14.8 Å². The van der Waals surface area contributed by atoms with Gasteiger partial charge in [0.15, 0.2) is 0 Å². The zero-order chi connectivity index (χ0) is 16.6. The van der Waals surface area contributed by atoms with Gasteiger partial charge in [-0.3, -0.25) is 14.4 Å². The molecule has 0 unspecified atom stereocenters. The second-order valence-electron chi connectivity index (χ2n) is 6.60. The molecular weight excluding hydrogens is 294 g/mol. The lowest BCUT2D eigenvalue weighted by Gasteiger charge is -2.43. The minimum absolute atomic E-state index is 0.0101. The topological polar surface area (TPSA) is 71.4 Å². The molecule has 6 heteroatoms. The first-order valence-electron chi connectivity index (χ1n) is 8.25. The summed E-state index contributed by atoms with van der Waals surface area (Å²) in [6.07, 6.45) is 1.60. The SMILES string of the molecule is CC[C@@H](NC(C)=O)C(=O)N1C[C@@H]2C[C@H](C1)c1cccc(=O)n1C2. The van der Waals surface area contributed by atoms with Crippen LogP contribution in [0.25, 0.3) is 0 Å². The number of carbonyl (C=O) groups excluding carboxylic acids is 2. The van der Waals surface area contributed by atoms with Crippen LogP contribution in [0.4, 0.5) is 0 Å². The fourth-order valence-electron chi connectivity index (χ4n) is 3.88. The van der Waals surface area contributed by atoms with Crippen molar-refractivity contribution in [1.82, 2.24) is 14.8 Å². The summed E-state index contributed by atoms with van der Waals surface area (Å²) in [5, 5.41) is 2.74. The molecule has 2 aliphatic rings. The molecule has 124 valence electrons. The number of piperidine rings is 1. The molecule has 2 bridgehead atoms. The summed E-state index contributed by atoms with van der Waals surface area (Å²) in [6, 6.07) is 4.92. The first kappa shape index (κ1) is 15.8. The van der Waals surface area contributed by atoms with Crippen LogP contribution in [-0.2, 0) is 16.1 Å². The number of fused-ring (bicyclic) bond motifs is 4. The van der Waals surface area contributed by atoms with Crippen molar-refractivity contribution in [2.75, 3.05) is 13.1 Å². The Morgan fingerprint density at radius 3 is 2.78 bits per heavy atom. The summed E-state index contributed by atoms with van der Waals surface area (Å²) in [5.41, 5.74) is 1.07. The zero-order valence-corrected chi connectivity index (χ0v) is 13.6. The van der Waals surface area contributed by atoms with Crippen LogP contribution < -0.4 is 10.9 Å². The Labute approximate surface area is 135 Å². The van der Waals surface area contributed by atoms with Gasteiger partial charge in [0, 0.05) is 44.2 Å². The third kappa shape index (κ3) is 3.02. The van der Waals surface area contributed by atoms with Gasteiger partial charge in [0.2, 0.25) is 11.8 Å². The standard InChI is InChI=1S/C17H23N3O3/c1-3-14(18-11(2)21)17(23)19-8-12-7-13(10-19)15-5-4-6-16(22)20(15)9-12/h4-6,12-14H,3,7-10H2,1-2H3,(H,18,21)/t12-,13+,14+/m0/s1. The van der Waals surface area contributed by atoms with Gasteiger partial charge in [-0.25, -0.2) is 0 Å². The van der Waals surface area contributed by atoms with E-state index in [0.717, 1.165) is 12.1 Å². The normalized spacial score (nSPS) is 23.8. The third-order valence-electron chi connectivity index (χ3n) is 4.88. The molecule has 23 heavy (non-hydrogen) atoms. The van der Waals surface area contributed by atoms with Crippen molar-refractivity contribution in [3.8, 4) is 0 Å². The van der Waals surface area contributed by atoms with Gasteiger partial charge in [0.1, 0.15) is 6.04 Å². The fourth-order valence-corrected chi connectivity index (χ4v) is 3.88. The summed E-state index contributed by atoms with van der Waals surface area (Å²) in [6.45, 7) is 5.29. The van der Waals surface area contributed by atoms with Crippen LogP contribution in [0.1, 0.15) is 38.3 Å². The van der Waals surface area contributed by atoms with E-state index in [0.29, 0.717) is 32.0 Å². The fraction of sp³-hybridized carbons (Fsp3) is 0.588. The molecule has 3 atom stereocenters. The van der Waals surface area contributed by atoms with E-state index in [9.17, 15) is 14.4 Å². The van der Waals surface area contributed by atoms with E-state index in [2.05, 4.69) is 5.32 Å². The number of carbonyl (C=O) groups is 2. The predicted octanol–water partition coefficient (Wildman–Crippen LogP) is 0.709. The third-order valence-corrected chi connectivity index (χ3v) is 4.88. The van der Waals surface area contributed by atoms with Gasteiger partial charge in [0.25, 0.3) is 5.56 Å². The van der Waals surface area contributed by atoms with Gasteiger partial charge >= 0.3 is 0 Å². The lowest BCUT2D eigenvalue weighted by molar-refractivity contribution is -0.138. The van der Waals surface area contributed by atoms with Crippen LogP contribution in [0.2, 0.25) is 0 Å². The van der Waals surface area contributed by atoms with Gasteiger partial charge in [-0.2, -0.15) is 0 Å². The minimum atomic E-state index is -0.454. The van der Waals surface area contributed by atoms with Crippen molar-refractivity contribution in [2.24, 2.45) is 5.92 Å². The molecule has 2 amide bonds. The highest BCUT2D eigenvalue weighted by Gasteiger charge is 2.37. The zero-order valence-electron chi connectivity index (χ0n) is 13.6. The van der Waals surface area contributed by atoms with E-state index in [1.807, 2.05) is 22.5 Å². The molecule has 0 radical (unpaired) electrons. The molecule has 1 saturated heterocycles. The van der Waals surface area contributed by atoms with Crippen molar-refractivity contribution in [3.05, 3.63) is 34.2 Å². The van der Waals surface area contributed by atoms with Crippen molar-refractivity contribution < 1.29 is 9.59 Å². The number of hydrogen-bond donors (Lipinski definition) is 1. The molecule has 6 nitrogen and oxygen atoms in total. The molecule has 3 rings (SSSR count). The average Bonchev–Trinajstić information content (AvgIpc) is 2.52. The first-order valence-corrected chi connectivity index (χ1v) is 8.25. The maximum absolute atomic E-state index is 12.7. The molecule has 0 spiro atoms. The average molecular weight is 317 g/mol. The molecule has 1 fully saturated rings. The largest absolute Gasteiger partial charge is 0.345 e. The second kappa shape index (κ2) is 6.18. The van der Waals surface area contributed by atoms with Crippen LogP contribution in [0.5, 0.6) is 0 Å². The highest BCUT2D eigenvalue weighted by molar-refractivity contribution is 5.87. The van der Waals surface area contributed by atoms with Crippen LogP contribution >= 0.6 is 0 Å². The van der Waals surface area contributed by atoms with Crippen molar-refractivity contribution >= 4 is 11.8 Å². The molecule has 1 N–H and O–H groups in total. The van der Waals surface area contributed by atoms with E-state index in [-0.39, 0.29) is 23.3 Å². The van der Waals surface area contributed by atoms with E-state index in [1.165, 1.54) is 6.92 Å². The van der Waals surface area contributed by atoms with Crippen LogP contribution in [0, 0.1) is 5.92 Å². The van der Waals surface area contributed by atoms with Gasteiger partial charge in [-0.15, -0.1) is 0 Å². The van der Waals surface area contributed by atoms with Gasteiger partial charge in [-0.05, 0) is 24.8 Å². The number of nitrogens with one attached hydrogen (secondary N) is 1. The second-order valence-corrected chi connectivity index (χ2v) is 6.60. The number of rotatable bonds is 3. The van der Waals surface area contributed by atoms with E-state index < -0.39 is 6.04 Å². The Morgan fingerprint density at radius 2 is 2.09 bits per heavy atom. The summed E-state index contributed by atoms with van der Waals surface area (Å²) < 4.78 is 1.85. The number of amides is 2. The van der Waals surface area contributed by atoms with Crippen molar-refractivity contribution in [2.45, 2.75) is 45.2 Å². The predicted molar refractivity (Wildman–Crippen MR) is 86.0 cm³/mol. The first-order chi connectivity index (χ1) is 11.0. The lowest BCUT2D eigenvalue weighted by atomic mass is 9.83. The Kier molecular flexibility index (Phi) is 4.24. The molecule has 0 aromatic carbocycles. The molecule has 0 saturated carbocycles. The number of hydrogen-bond acceptors (Lipinski definition) is 3. The number of likely N-dealkylation sites (tertiary alicyclic amines) is 1. The Bertz CT molecular complexity index is 682. The minimum Gasteiger partial charge on any atom is -0.345 e. The molecule has 1 aromatic heterocycles. The van der Waals surface area contributed by atoms with E-state index in [4.69, 9.17) is 0 Å². The summed E-state index contributed by atoms with van der Waals surface area (Å²) >= 11 is 0. The van der Waals surface area contributed by atoms with Crippen LogP contribution in [0.3, 0.4) is 0 Å². The highest BCUT2D eigenvalue weighted by Crippen LogP contribution is 2.35. The Hall–Kier alpha value is -2.11. The molecule has 2 aliphatic heterocycles. The number of aromatic nitrogens is 1.